The molecule has 0 spiro atoms. The van der Waals surface area contributed by atoms with Crippen molar-refractivity contribution in [2.75, 3.05) is 23.9 Å². The lowest BCUT2D eigenvalue weighted by Gasteiger charge is -2.21. The number of nitrogens with zero attached hydrogens (tertiary/aromatic N) is 1. The van der Waals surface area contributed by atoms with E-state index < -0.39 is 5.97 Å². The van der Waals surface area contributed by atoms with Crippen molar-refractivity contribution in [3.05, 3.63) is 10.0 Å². The number of nitrogens with one attached hydrogen (secondary N) is 1. The van der Waals surface area contributed by atoms with E-state index in [1.54, 1.807) is 0 Å². The lowest BCUT2D eigenvalue weighted by Crippen LogP contribution is -2.25. The summed E-state index contributed by atoms with van der Waals surface area (Å²) in [4.78, 5) is 15.9. The Bertz CT molecular complexity index is 405. The summed E-state index contributed by atoms with van der Waals surface area (Å²) < 4.78 is 4.64. The molecule has 0 radical (unpaired) electrons. The standard InChI is InChI=1S/C10H13ClN2O2S2/c1-15-9(14)7-8(11)13-10(17-7)12-6-3-2-4-16-5-6/h6H,2-5H2,1H3,(H,12,13). The zero-order valence-electron chi connectivity index (χ0n) is 9.36. The van der Waals surface area contributed by atoms with Gasteiger partial charge in [0.2, 0.25) is 0 Å². The van der Waals surface area contributed by atoms with E-state index in [4.69, 9.17) is 11.6 Å². The van der Waals surface area contributed by atoms with Gasteiger partial charge in [0.25, 0.3) is 0 Å². The van der Waals surface area contributed by atoms with Gasteiger partial charge in [-0.25, -0.2) is 9.78 Å². The summed E-state index contributed by atoms with van der Waals surface area (Å²) in [7, 11) is 1.34. The number of anilines is 1. The van der Waals surface area contributed by atoms with Crippen LogP contribution in [-0.4, -0.2) is 35.6 Å². The van der Waals surface area contributed by atoms with Crippen LogP contribution in [0.15, 0.2) is 0 Å². The number of carbonyl (C=O) groups excluding carboxylic acids is 1. The zero-order chi connectivity index (χ0) is 12.3. The molecule has 0 aliphatic carbocycles. The number of thiazole rings is 1. The highest BCUT2D eigenvalue weighted by atomic mass is 35.5. The van der Waals surface area contributed by atoms with Gasteiger partial charge in [0.1, 0.15) is 0 Å². The molecule has 1 saturated heterocycles. The molecule has 2 rings (SSSR count). The number of thioether (sulfide) groups is 1. The first-order valence-corrected chi connectivity index (χ1v) is 7.64. The molecule has 0 saturated carbocycles. The van der Waals surface area contributed by atoms with Crippen LogP contribution in [0.4, 0.5) is 5.13 Å². The minimum absolute atomic E-state index is 0.216. The van der Waals surface area contributed by atoms with Crippen LogP contribution in [0.3, 0.4) is 0 Å². The SMILES string of the molecule is COC(=O)c1sc(NC2CCCSC2)nc1Cl. The molecule has 0 aromatic carbocycles. The van der Waals surface area contributed by atoms with Crippen molar-refractivity contribution in [3.63, 3.8) is 0 Å². The van der Waals surface area contributed by atoms with Gasteiger partial charge in [-0.2, -0.15) is 11.8 Å². The van der Waals surface area contributed by atoms with Crippen LogP contribution in [0.5, 0.6) is 0 Å². The first kappa shape index (κ1) is 13.0. The maximum atomic E-state index is 11.4. The van der Waals surface area contributed by atoms with Gasteiger partial charge in [-0.3, -0.25) is 0 Å². The van der Waals surface area contributed by atoms with Gasteiger partial charge in [0, 0.05) is 11.8 Å². The molecule has 1 aromatic rings. The normalized spacial score (nSPS) is 20.0. The molecule has 2 heterocycles. The van der Waals surface area contributed by atoms with Crippen LogP contribution in [-0.2, 0) is 4.74 Å². The fraction of sp³-hybridized carbons (Fsp3) is 0.600. The second-order valence-corrected chi connectivity index (χ2v) is 6.20. The predicted molar refractivity (Wildman–Crippen MR) is 72.4 cm³/mol. The summed E-state index contributed by atoms with van der Waals surface area (Å²) in [6.45, 7) is 0. The lowest BCUT2D eigenvalue weighted by atomic mass is 10.2. The molecule has 1 aromatic heterocycles. The van der Waals surface area contributed by atoms with E-state index in [1.165, 1.54) is 30.6 Å². The highest BCUT2D eigenvalue weighted by Gasteiger charge is 2.20. The first-order valence-electron chi connectivity index (χ1n) is 5.29. The molecule has 94 valence electrons. The van der Waals surface area contributed by atoms with E-state index in [0.29, 0.717) is 16.1 Å². The Morgan fingerprint density at radius 3 is 3.12 bits per heavy atom. The molecule has 0 bridgehead atoms. The number of hydrogen-bond donors (Lipinski definition) is 1. The van der Waals surface area contributed by atoms with Gasteiger partial charge in [-0.15, -0.1) is 0 Å². The molecule has 0 amide bonds. The van der Waals surface area contributed by atoms with Gasteiger partial charge in [0.15, 0.2) is 15.2 Å². The van der Waals surface area contributed by atoms with Crippen molar-refractivity contribution < 1.29 is 9.53 Å². The topological polar surface area (TPSA) is 51.2 Å². The van der Waals surface area contributed by atoms with Crippen LogP contribution >= 0.6 is 34.7 Å². The van der Waals surface area contributed by atoms with Crippen LogP contribution in [0.25, 0.3) is 0 Å². The molecular formula is C10H13ClN2O2S2. The average Bonchev–Trinajstić information content (AvgIpc) is 2.70. The van der Waals surface area contributed by atoms with E-state index in [2.05, 4.69) is 15.0 Å². The summed E-state index contributed by atoms with van der Waals surface area (Å²) in [5, 5.41) is 4.23. The van der Waals surface area contributed by atoms with Gasteiger partial charge < -0.3 is 10.1 Å². The molecule has 1 atom stereocenters. The number of ether oxygens (including phenoxy) is 1. The summed E-state index contributed by atoms with van der Waals surface area (Å²) in [6, 6.07) is 0.418. The van der Waals surface area contributed by atoms with E-state index in [0.717, 1.165) is 12.2 Å². The molecule has 1 aliphatic rings. The van der Waals surface area contributed by atoms with E-state index in [-0.39, 0.29) is 5.15 Å². The molecule has 7 heteroatoms. The predicted octanol–water partition coefficient (Wildman–Crippen LogP) is 2.89. The third-order valence-corrected chi connectivity index (χ3v) is 5.01. The summed E-state index contributed by atoms with van der Waals surface area (Å²) in [5.74, 6) is 1.87. The number of carbonyl (C=O) groups is 1. The Morgan fingerprint density at radius 2 is 2.47 bits per heavy atom. The molecule has 4 nitrogen and oxygen atoms in total. The largest absolute Gasteiger partial charge is 0.465 e. The van der Waals surface area contributed by atoms with Crippen molar-refractivity contribution in [2.24, 2.45) is 0 Å². The van der Waals surface area contributed by atoms with Crippen molar-refractivity contribution in [1.82, 2.24) is 4.98 Å². The van der Waals surface area contributed by atoms with Gasteiger partial charge in [-0.1, -0.05) is 22.9 Å². The monoisotopic (exact) mass is 292 g/mol. The van der Waals surface area contributed by atoms with Crippen LogP contribution in [0, 0.1) is 0 Å². The van der Waals surface area contributed by atoms with Crippen LogP contribution in [0.2, 0.25) is 5.15 Å². The number of aromatic nitrogens is 1. The Balaban J connectivity index is 2.03. The third kappa shape index (κ3) is 3.26. The number of halogens is 1. The van der Waals surface area contributed by atoms with E-state index in [9.17, 15) is 4.79 Å². The van der Waals surface area contributed by atoms with Crippen molar-refractivity contribution in [1.29, 1.82) is 0 Å². The van der Waals surface area contributed by atoms with E-state index in [1.807, 2.05) is 11.8 Å². The van der Waals surface area contributed by atoms with Crippen LogP contribution in [0.1, 0.15) is 22.5 Å². The number of rotatable bonds is 3. The quantitative estimate of drug-likeness (QED) is 0.868. The average molecular weight is 293 g/mol. The number of hydrogen-bond acceptors (Lipinski definition) is 6. The Kier molecular flexibility index (Phi) is 4.53. The lowest BCUT2D eigenvalue weighted by molar-refractivity contribution is 0.0606. The van der Waals surface area contributed by atoms with Gasteiger partial charge in [-0.05, 0) is 18.6 Å². The molecule has 1 fully saturated rings. The molecule has 17 heavy (non-hydrogen) atoms. The second kappa shape index (κ2) is 5.93. The molecule has 1 unspecified atom stereocenters. The van der Waals surface area contributed by atoms with E-state index >= 15 is 0 Å². The first-order chi connectivity index (χ1) is 8.20. The Labute approximate surface area is 113 Å². The van der Waals surface area contributed by atoms with Gasteiger partial charge >= 0.3 is 5.97 Å². The molecular weight excluding hydrogens is 280 g/mol. The fourth-order valence-electron chi connectivity index (χ4n) is 1.61. The van der Waals surface area contributed by atoms with Crippen molar-refractivity contribution in [2.45, 2.75) is 18.9 Å². The summed E-state index contributed by atoms with van der Waals surface area (Å²) >= 11 is 9.07. The molecule has 1 aliphatic heterocycles. The maximum absolute atomic E-state index is 11.4. The second-order valence-electron chi connectivity index (χ2n) is 3.69. The number of esters is 1. The molecule has 1 N–H and O–H groups in total. The highest BCUT2D eigenvalue weighted by molar-refractivity contribution is 7.99. The third-order valence-electron chi connectivity index (χ3n) is 2.44. The van der Waals surface area contributed by atoms with Gasteiger partial charge in [0.05, 0.1) is 7.11 Å². The van der Waals surface area contributed by atoms with Crippen molar-refractivity contribution in [3.8, 4) is 0 Å². The smallest absolute Gasteiger partial charge is 0.351 e. The maximum Gasteiger partial charge on any atom is 0.351 e. The Morgan fingerprint density at radius 1 is 1.65 bits per heavy atom. The zero-order valence-corrected chi connectivity index (χ0v) is 11.8. The van der Waals surface area contributed by atoms with Crippen LogP contribution < -0.4 is 5.32 Å². The fourth-order valence-corrected chi connectivity index (χ4v) is 3.86. The number of methoxy groups -OCH3 is 1. The minimum atomic E-state index is -0.432. The summed E-state index contributed by atoms with van der Waals surface area (Å²) in [6.07, 6.45) is 2.35. The van der Waals surface area contributed by atoms with Crippen molar-refractivity contribution >= 4 is 45.8 Å². The highest BCUT2D eigenvalue weighted by Crippen LogP contribution is 2.29. The Hall–Kier alpha value is -0.460. The summed E-state index contributed by atoms with van der Waals surface area (Å²) in [5.41, 5.74) is 0. The minimum Gasteiger partial charge on any atom is -0.465 e.